The molecule has 3 aromatic rings. The minimum absolute atomic E-state index is 0.0256. The van der Waals surface area contributed by atoms with Gasteiger partial charge < -0.3 is 5.11 Å². The van der Waals surface area contributed by atoms with Gasteiger partial charge in [-0.1, -0.05) is 0 Å². The molecule has 18 heavy (non-hydrogen) atoms. The average molecular weight is 246 g/mol. The van der Waals surface area contributed by atoms with Gasteiger partial charge in [-0.05, 0) is 12.1 Å². The first-order chi connectivity index (χ1) is 8.54. The number of benzene rings is 1. The maximum absolute atomic E-state index is 11.8. The Morgan fingerprint density at radius 2 is 1.33 bits per heavy atom. The van der Waals surface area contributed by atoms with Crippen molar-refractivity contribution in [3.05, 3.63) is 53.5 Å². The number of aromatic amines is 1. The van der Waals surface area contributed by atoms with E-state index >= 15 is 0 Å². The van der Waals surface area contributed by atoms with E-state index in [2.05, 4.69) is 4.98 Å². The molecule has 1 aromatic carbocycles. The van der Waals surface area contributed by atoms with Crippen molar-refractivity contribution >= 4 is 21.5 Å². The normalized spacial score (nSPS) is 11.6. The molecule has 2 aromatic heterocycles. The fraction of sp³-hybridized carbons (Fsp3) is 0.0909. The minimum atomic E-state index is -0.739. The molecular formula is C11H6N2O5. The molecule has 0 aliphatic rings. The Labute approximate surface area is 97.2 Å². The second-order valence-corrected chi connectivity index (χ2v) is 3.91. The van der Waals surface area contributed by atoms with Crippen LogP contribution in [-0.4, -0.2) is 14.7 Å². The lowest BCUT2D eigenvalue weighted by Crippen LogP contribution is -2.25. The summed E-state index contributed by atoms with van der Waals surface area (Å²) in [7, 11) is 0. The molecule has 0 saturated heterocycles. The van der Waals surface area contributed by atoms with Gasteiger partial charge >= 0.3 is 0 Å². The molecule has 0 atom stereocenters. The topological polar surface area (TPSA) is 109 Å². The molecular weight excluding hydrogens is 240 g/mol. The quantitative estimate of drug-likeness (QED) is 0.536. The van der Waals surface area contributed by atoms with Crippen molar-refractivity contribution in [3.8, 4) is 0 Å². The average Bonchev–Trinajstić information content (AvgIpc) is 2.75. The number of aromatic nitrogens is 2. The lowest BCUT2D eigenvalue weighted by atomic mass is 10.1. The number of fused-ring (bicyclic) bond motifs is 2. The highest BCUT2D eigenvalue weighted by Crippen LogP contribution is 2.13. The van der Waals surface area contributed by atoms with E-state index in [1.165, 1.54) is 12.1 Å². The highest BCUT2D eigenvalue weighted by atomic mass is 16.3. The second-order valence-electron chi connectivity index (χ2n) is 3.91. The van der Waals surface area contributed by atoms with Gasteiger partial charge in [-0.2, -0.15) is 0 Å². The van der Waals surface area contributed by atoms with Crippen LogP contribution in [0.4, 0.5) is 0 Å². The molecule has 0 radical (unpaired) electrons. The van der Waals surface area contributed by atoms with Crippen LogP contribution in [0, 0.1) is 0 Å². The summed E-state index contributed by atoms with van der Waals surface area (Å²) in [6.45, 7) is -0.739. The summed E-state index contributed by atoms with van der Waals surface area (Å²) in [5.74, 6) is 0. The van der Waals surface area contributed by atoms with Crippen molar-refractivity contribution in [2.75, 3.05) is 0 Å². The monoisotopic (exact) mass is 246 g/mol. The van der Waals surface area contributed by atoms with E-state index in [0.717, 1.165) is 0 Å². The molecule has 0 unspecified atom stereocenters. The maximum atomic E-state index is 11.8. The summed E-state index contributed by atoms with van der Waals surface area (Å²) in [6, 6.07) is 2.42. The number of nitrogens with one attached hydrogen (secondary N) is 1. The molecule has 7 heteroatoms. The molecule has 0 fully saturated rings. The summed E-state index contributed by atoms with van der Waals surface area (Å²) in [4.78, 5) is 48.4. The van der Waals surface area contributed by atoms with Crippen molar-refractivity contribution in [3.63, 3.8) is 0 Å². The first-order valence-corrected chi connectivity index (χ1v) is 5.05. The van der Waals surface area contributed by atoms with Crippen LogP contribution in [0.3, 0.4) is 0 Å². The van der Waals surface area contributed by atoms with Gasteiger partial charge in [-0.3, -0.25) is 28.7 Å². The zero-order valence-electron chi connectivity index (χ0n) is 8.89. The van der Waals surface area contributed by atoms with Crippen LogP contribution >= 0.6 is 0 Å². The number of aliphatic hydroxyl groups excluding tert-OH is 1. The largest absolute Gasteiger partial charge is 0.376 e. The van der Waals surface area contributed by atoms with Crippen molar-refractivity contribution in [1.82, 2.24) is 9.55 Å². The predicted molar refractivity (Wildman–Crippen MR) is 63.5 cm³/mol. The summed E-state index contributed by atoms with van der Waals surface area (Å²) < 4.78 is 0.641. The fourth-order valence-corrected chi connectivity index (χ4v) is 2.08. The van der Waals surface area contributed by atoms with Crippen LogP contribution in [0.2, 0.25) is 0 Å². The summed E-state index contributed by atoms with van der Waals surface area (Å²) in [5.41, 5.74) is -2.54. The van der Waals surface area contributed by atoms with Crippen molar-refractivity contribution in [2.24, 2.45) is 0 Å². The highest BCUT2D eigenvalue weighted by molar-refractivity contribution is 5.97. The number of hydrogen-bond acceptors (Lipinski definition) is 5. The Hall–Kier alpha value is -2.54. The Morgan fingerprint density at radius 1 is 0.889 bits per heavy atom. The molecule has 3 rings (SSSR count). The smallest absolute Gasteiger partial charge is 0.263 e. The standard InChI is InChI=1S/C11H6N2O5/c14-3-13-10(17)6-1-4-5(2-7(6)11(13)18)9(16)12-8(4)15/h1-2,14H,3H2,(H,12,15,16). The third-order valence-electron chi connectivity index (χ3n) is 2.97. The van der Waals surface area contributed by atoms with E-state index in [0.29, 0.717) is 4.57 Å². The van der Waals surface area contributed by atoms with Crippen LogP contribution in [0.1, 0.15) is 0 Å². The van der Waals surface area contributed by atoms with Crippen LogP contribution in [-0.2, 0) is 6.73 Å². The summed E-state index contributed by atoms with van der Waals surface area (Å²) >= 11 is 0. The Morgan fingerprint density at radius 3 is 1.72 bits per heavy atom. The Balaban J connectivity index is 2.70. The predicted octanol–water partition coefficient (Wildman–Crippen LogP) is -1.61. The molecule has 2 N–H and O–H groups in total. The maximum Gasteiger partial charge on any atom is 0.263 e. The molecule has 0 amide bonds. The van der Waals surface area contributed by atoms with Crippen molar-refractivity contribution < 1.29 is 5.11 Å². The molecule has 0 aliphatic heterocycles. The molecule has 0 aliphatic carbocycles. The first-order valence-electron chi connectivity index (χ1n) is 5.05. The van der Waals surface area contributed by atoms with E-state index in [1.54, 1.807) is 0 Å². The van der Waals surface area contributed by atoms with Crippen LogP contribution in [0.15, 0.2) is 31.3 Å². The Bertz CT molecular complexity index is 909. The molecule has 0 spiro atoms. The third-order valence-corrected chi connectivity index (χ3v) is 2.97. The van der Waals surface area contributed by atoms with Gasteiger partial charge in [0.15, 0.2) is 0 Å². The third kappa shape index (κ3) is 1.11. The molecule has 7 nitrogen and oxygen atoms in total. The van der Waals surface area contributed by atoms with E-state index in [1.807, 2.05) is 0 Å². The van der Waals surface area contributed by atoms with Gasteiger partial charge in [0.05, 0.1) is 21.5 Å². The highest BCUT2D eigenvalue weighted by Gasteiger charge is 2.16. The zero-order chi connectivity index (χ0) is 13.0. The van der Waals surface area contributed by atoms with Gasteiger partial charge in [-0.15, -0.1) is 0 Å². The van der Waals surface area contributed by atoms with Crippen LogP contribution in [0.5, 0.6) is 0 Å². The summed E-state index contributed by atoms with van der Waals surface area (Å²) in [6.07, 6.45) is 0. The van der Waals surface area contributed by atoms with Gasteiger partial charge in [-0.25, -0.2) is 0 Å². The van der Waals surface area contributed by atoms with Gasteiger partial charge in [0.1, 0.15) is 6.73 Å². The molecule has 0 saturated carbocycles. The van der Waals surface area contributed by atoms with Gasteiger partial charge in [0, 0.05) is 0 Å². The summed E-state index contributed by atoms with van der Waals surface area (Å²) in [5, 5.41) is 9.12. The fourth-order valence-electron chi connectivity index (χ4n) is 2.08. The van der Waals surface area contributed by atoms with Crippen molar-refractivity contribution in [2.45, 2.75) is 6.73 Å². The van der Waals surface area contributed by atoms with E-state index in [9.17, 15) is 19.2 Å². The molecule has 90 valence electrons. The van der Waals surface area contributed by atoms with Crippen molar-refractivity contribution in [1.29, 1.82) is 0 Å². The zero-order valence-corrected chi connectivity index (χ0v) is 8.89. The van der Waals surface area contributed by atoms with Crippen LogP contribution < -0.4 is 22.2 Å². The number of H-pyrrole nitrogens is 1. The lowest BCUT2D eigenvalue weighted by molar-refractivity contribution is 0.204. The molecule has 2 heterocycles. The number of nitrogens with zero attached hydrogens (tertiary/aromatic N) is 1. The molecule has 0 bridgehead atoms. The van der Waals surface area contributed by atoms with E-state index in [4.69, 9.17) is 5.11 Å². The van der Waals surface area contributed by atoms with E-state index in [-0.39, 0.29) is 21.5 Å². The first kappa shape index (κ1) is 10.6. The minimum Gasteiger partial charge on any atom is -0.376 e. The number of hydrogen-bond donors (Lipinski definition) is 2. The van der Waals surface area contributed by atoms with E-state index < -0.39 is 29.0 Å². The lowest BCUT2D eigenvalue weighted by Gasteiger charge is -1.87. The SMILES string of the molecule is O=c1[nH]c(=O)c2cc3c(=O)n(CO)c(=O)c3cc12. The van der Waals surface area contributed by atoms with Crippen LogP contribution in [0.25, 0.3) is 21.5 Å². The van der Waals surface area contributed by atoms with Gasteiger partial charge in [0.25, 0.3) is 22.2 Å². The number of rotatable bonds is 1. The van der Waals surface area contributed by atoms with Gasteiger partial charge in [0.2, 0.25) is 0 Å². The second kappa shape index (κ2) is 3.23. The number of aliphatic hydroxyl groups is 1. The Kier molecular flexibility index (Phi) is 1.91.